The fourth-order valence-electron chi connectivity index (χ4n) is 1.70. The van der Waals surface area contributed by atoms with Gasteiger partial charge < -0.3 is 5.32 Å². The number of rotatable bonds is 7. The minimum Gasteiger partial charge on any atom is -0.356 e. The first-order valence-corrected chi connectivity index (χ1v) is 8.63. The summed E-state index contributed by atoms with van der Waals surface area (Å²) in [5.74, 6) is 0.997. The maximum absolute atomic E-state index is 11.7. The van der Waals surface area contributed by atoms with Crippen LogP contribution in [0.4, 0.5) is 0 Å². The number of amides is 1. The number of primary sulfonamides is 1. The first-order valence-electron chi connectivity index (χ1n) is 7.08. The molecule has 0 heterocycles. The highest BCUT2D eigenvalue weighted by Crippen LogP contribution is 2.11. The largest absolute Gasteiger partial charge is 0.356 e. The lowest BCUT2D eigenvalue weighted by molar-refractivity contribution is -0.121. The topological polar surface area (TPSA) is 89.3 Å². The van der Waals surface area contributed by atoms with Crippen LogP contribution in [0.5, 0.6) is 0 Å². The van der Waals surface area contributed by atoms with E-state index in [9.17, 15) is 13.2 Å². The maximum atomic E-state index is 11.7. The van der Waals surface area contributed by atoms with Crippen molar-refractivity contribution in [1.82, 2.24) is 5.32 Å². The van der Waals surface area contributed by atoms with Crippen LogP contribution < -0.4 is 10.5 Å². The van der Waals surface area contributed by atoms with Gasteiger partial charge in [0.25, 0.3) is 0 Å². The number of aryl methyl sites for hydroxylation is 1. The van der Waals surface area contributed by atoms with Crippen LogP contribution in [-0.2, 0) is 21.2 Å². The second-order valence-corrected chi connectivity index (χ2v) is 7.28. The Kier molecular flexibility index (Phi) is 6.36. The van der Waals surface area contributed by atoms with Crippen molar-refractivity contribution in [2.45, 2.75) is 38.5 Å². The second-order valence-electron chi connectivity index (χ2n) is 5.71. The fourth-order valence-corrected chi connectivity index (χ4v) is 2.22. The van der Waals surface area contributed by atoms with Crippen molar-refractivity contribution in [2.75, 3.05) is 6.54 Å². The average Bonchev–Trinajstić information content (AvgIpc) is 2.41. The van der Waals surface area contributed by atoms with E-state index in [4.69, 9.17) is 5.14 Å². The van der Waals surface area contributed by atoms with E-state index in [2.05, 4.69) is 26.1 Å². The van der Waals surface area contributed by atoms with Gasteiger partial charge in [0.1, 0.15) is 0 Å². The lowest BCUT2D eigenvalue weighted by atomic mass is 9.98. The Morgan fingerprint density at radius 1 is 1.19 bits per heavy atom. The van der Waals surface area contributed by atoms with Crippen LogP contribution in [0.25, 0.3) is 0 Å². The van der Waals surface area contributed by atoms with Gasteiger partial charge in [-0.2, -0.15) is 0 Å². The molecule has 0 aromatic heterocycles. The SMILES string of the molecule is CC(C)C(C)CNC(=O)CCc1ccc(S(N)(=O)=O)cc1. The molecule has 0 radical (unpaired) electrons. The first kappa shape index (κ1) is 17.7. The van der Waals surface area contributed by atoms with Crippen LogP contribution in [0.1, 0.15) is 32.8 Å². The van der Waals surface area contributed by atoms with Crippen LogP contribution in [0, 0.1) is 11.8 Å². The highest BCUT2D eigenvalue weighted by molar-refractivity contribution is 7.89. The molecule has 0 aliphatic carbocycles. The molecule has 21 heavy (non-hydrogen) atoms. The monoisotopic (exact) mass is 312 g/mol. The molecule has 1 aromatic carbocycles. The molecule has 0 bridgehead atoms. The molecule has 0 fully saturated rings. The summed E-state index contributed by atoms with van der Waals surface area (Å²) < 4.78 is 22.3. The molecule has 0 saturated heterocycles. The van der Waals surface area contributed by atoms with E-state index in [-0.39, 0.29) is 10.8 Å². The van der Waals surface area contributed by atoms with Crippen molar-refractivity contribution in [2.24, 2.45) is 17.0 Å². The summed E-state index contributed by atoms with van der Waals surface area (Å²) in [7, 11) is -3.66. The Bertz CT molecular complexity index is 565. The molecular weight excluding hydrogens is 288 g/mol. The normalized spacial score (nSPS) is 13.2. The number of carbonyl (C=O) groups excluding carboxylic acids is 1. The molecule has 1 atom stereocenters. The van der Waals surface area contributed by atoms with E-state index in [0.717, 1.165) is 5.56 Å². The van der Waals surface area contributed by atoms with Crippen LogP contribution in [-0.4, -0.2) is 20.9 Å². The van der Waals surface area contributed by atoms with Crippen LogP contribution in [0.2, 0.25) is 0 Å². The highest BCUT2D eigenvalue weighted by Gasteiger charge is 2.10. The van der Waals surface area contributed by atoms with E-state index in [0.29, 0.717) is 31.2 Å². The molecule has 6 heteroatoms. The average molecular weight is 312 g/mol. The minimum absolute atomic E-state index is 0.0121. The summed E-state index contributed by atoms with van der Waals surface area (Å²) in [6.07, 6.45) is 0.965. The molecule has 5 nitrogen and oxygen atoms in total. The summed E-state index contributed by atoms with van der Waals surface area (Å²) in [5.41, 5.74) is 0.912. The van der Waals surface area contributed by atoms with E-state index in [1.807, 2.05) is 0 Å². The number of carbonyl (C=O) groups is 1. The summed E-state index contributed by atoms with van der Waals surface area (Å²) in [5, 5.41) is 7.94. The Hall–Kier alpha value is -1.40. The number of nitrogens with one attached hydrogen (secondary N) is 1. The van der Waals surface area contributed by atoms with Gasteiger partial charge in [-0.1, -0.05) is 32.9 Å². The summed E-state index contributed by atoms with van der Waals surface area (Å²) in [6.45, 7) is 7.05. The zero-order valence-electron chi connectivity index (χ0n) is 12.8. The number of sulfonamides is 1. The van der Waals surface area contributed by atoms with Gasteiger partial charge in [-0.15, -0.1) is 0 Å². The lowest BCUT2D eigenvalue weighted by Gasteiger charge is -2.16. The molecule has 0 aliphatic rings. The van der Waals surface area contributed by atoms with Gasteiger partial charge in [-0.3, -0.25) is 4.79 Å². The zero-order valence-corrected chi connectivity index (χ0v) is 13.6. The standard InChI is InChI=1S/C15H24N2O3S/c1-11(2)12(3)10-17-15(18)9-6-13-4-7-14(8-5-13)21(16,19)20/h4-5,7-8,11-12H,6,9-10H2,1-3H3,(H,17,18)(H2,16,19,20). The second kappa shape index (κ2) is 7.56. The number of nitrogens with two attached hydrogens (primary N) is 1. The van der Waals surface area contributed by atoms with E-state index < -0.39 is 10.0 Å². The Balaban J connectivity index is 2.43. The van der Waals surface area contributed by atoms with Crippen LogP contribution in [0.15, 0.2) is 29.2 Å². The highest BCUT2D eigenvalue weighted by atomic mass is 32.2. The van der Waals surface area contributed by atoms with Gasteiger partial charge in [0.05, 0.1) is 4.90 Å². The van der Waals surface area contributed by atoms with Crippen molar-refractivity contribution in [3.8, 4) is 0 Å². The van der Waals surface area contributed by atoms with E-state index in [1.54, 1.807) is 12.1 Å². The van der Waals surface area contributed by atoms with Crippen molar-refractivity contribution in [1.29, 1.82) is 0 Å². The van der Waals surface area contributed by atoms with Crippen molar-refractivity contribution in [3.05, 3.63) is 29.8 Å². The summed E-state index contributed by atoms with van der Waals surface area (Å²) >= 11 is 0. The maximum Gasteiger partial charge on any atom is 0.238 e. The Morgan fingerprint density at radius 2 is 1.76 bits per heavy atom. The predicted molar refractivity (Wildman–Crippen MR) is 83.1 cm³/mol. The summed E-state index contributed by atoms with van der Waals surface area (Å²) in [4.78, 5) is 11.8. The lowest BCUT2D eigenvalue weighted by Crippen LogP contribution is -2.30. The number of hydrogen-bond donors (Lipinski definition) is 2. The molecule has 0 saturated carbocycles. The molecule has 1 unspecified atom stereocenters. The molecule has 0 aliphatic heterocycles. The smallest absolute Gasteiger partial charge is 0.238 e. The minimum atomic E-state index is -3.66. The molecule has 3 N–H and O–H groups in total. The third kappa shape index (κ3) is 6.27. The molecular formula is C15H24N2O3S. The molecule has 1 rings (SSSR count). The molecule has 118 valence electrons. The predicted octanol–water partition coefficient (Wildman–Crippen LogP) is 1.67. The van der Waals surface area contributed by atoms with Crippen molar-refractivity contribution < 1.29 is 13.2 Å². The van der Waals surface area contributed by atoms with Gasteiger partial charge in [0.2, 0.25) is 15.9 Å². The van der Waals surface area contributed by atoms with Gasteiger partial charge in [0.15, 0.2) is 0 Å². The van der Waals surface area contributed by atoms with Crippen molar-refractivity contribution >= 4 is 15.9 Å². The molecule has 1 amide bonds. The zero-order chi connectivity index (χ0) is 16.0. The Morgan fingerprint density at radius 3 is 2.24 bits per heavy atom. The molecule has 1 aromatic rings. The van der Waals surface area contributed by atoms with Crippen LogP contribution in [0.3, 0.4) is 0 Å². The van der Waals surface area contributed by atoms with E-state index >= 15 is 0 Å². The number of hydrogen-bond acceptors (Lipinski definition) is 3. The first-order chi connectivity index (χ1) is 9.70. The van der Waals surface area contributed by atoms with Gasteiger partial charge in [-0.05, 0) is 36.0 Å². The third-order valence-corrected chi connectivity index (χ3v) is 4.58. The van der Waals surface area contributed by atoms with Gasteiger partial charge in [0, 0.05) is 13.0 Å². The third-order valence-electron chi connectivity index (χ3n) is 3.65. The van der Waals surface area contributed by atoms with Crippen LogP contribution >= 0.6 is 0 Å². The van der Waals surface area contributed by atoms with Gasteiger partial charge >= 0.3 is 0 Å². The Labute approximate surface area is 127 Å². The molecule has 0 spiro atoms. The summed E-state index contributed by atoms with van der Waals surface area (Å²) in [6, 6.07) is 6.29. The fraction of sp³-hybridized carbons (Fsp3) is 0.533. The number of benzene rings is 1. The van der Waals surface area contributed by atoms with E-state index in [1.165, 1.54) is 12.1 Å². The quantitative estimate of drug-likeness (QED) is 0.802. The van der Waals surface area contributed by atoms with Gasteiger partial charge in [-0.25, -0.2) is 13.6 Å². The van der Waals surface area contributed by atoms with Crippen molar-refractivity contribution in [3.63, 3.8) is 0 Å².